The average molecular weight is 316 g/mol. The summed E-state index contributed by atoms with van der Waals surface area (Å²) in [6, 6.07) is 7.87. The van der Waals surface area contributed by atoms with Gasteiger partial charge in [-0.25, -0.2) is 4.79 Å². The van der Waals surface area contributed by atoms with E-state index in [1.807, 2.05) is 24.3 Å². The number of nitrogens with zero attached hydrogens (tertiary/aromatic N) is 1. The lowest BCUT2D eigenvalue weighted by Gasteiger charge is -2.15. The second-order valence-electron chi connectivity index (χ2n) is 4.75. The molecule has 1 aromatic carbocycles. The van der Waals surface area contributed by atoms with Crippen LogP contribution in [0, 0.1) is 0 Å². The molecule has 1 amide bonds. The van der Waals surface area contributed by atoms with Gasteiger partial charge in [0.05, 0.1) is 31.7 Å². The first-order chi connectivity index (χ1) is 11.0. The second-order valence-corrected chi connectivity index (χ2v) is 4.75. The van der Waals surface area contributed by atoms with Gasteiger partial charge in [-0.05, 0) is 12.1 Å². The van der Waals surface area contributed by atoms with E-state index < -0.39 is 23.9 Å². The number of carbonyl (C=O) groups excluding carboxylic acids is 3. The van der Waals surface area contributed by atoms with Gasteiger partial charge in [0, 0.05) is 11.6 Å². The van der Waals surface area contributed by atoms with E-state index in [1.165, 1.54) is 20.4 Å². The summed E-state index contributed by atoms with van der Waals surface area (Å²) in [7, 11) is 2.38. The third-order valence-corrected chi connectivity index (χ3v) is 3.24. The standard InChI is InChI=1S/C16H16N2O5/c1-22-14(19)8-13(16(21)23-2)18-15(20)11-7-10-5-3-4-6-12(10)17-9-11/h3-7,9,13H,8H2,1-2H3,(H,18,20)/t13-/m1/s1. The number of nitrogens with one attached hydrogen (secondary N) is 1. The van der Waals surface area contributed by atoms with Crippen LogP contribution in [-0.4, -0.2) is 43.1 Å². The molecule has 7 heteroatoms. The van der Waals surface area contributed by atoms with E-state index in [9.17, 15) is 14.4 Å². The Bertz CT molecular complexity index is 744. The number of amides is 1. The maximum atomic E-state index is 12.3. The molecule has 0 aliphatic carbocycles. The average Bonchev–Trinajstić information content (AvgIpc) is 2.59. The van der Waals surface area contributed by atoms with E-state index in [1.54, 1.807) is 6.07 Å². The van der Waals surface area contributed by atoms with Crippen molar-refractivity contribution in [1.29, 1.82) is 0 Å². The first-order valence-corrected chi connectivity index (χ1v) is 6.85. The van der Waals surface area contributed by atoms with E-state index >= 15 is 0 Å². The summed E-state index contributed by atoms with van der Waals surface area (Å²) in [5.41, 5.74) is 1.03. The quantitative estimate of drug-likeness (QED) is 0.829. The molecule has 2 aromatic rings. The predicted octanol–water partition coefficient (Wildman–Crippen LogP) is 1.07. The number of esters is 2. The van der Waals surface area contributed by atoms with Gasteiger partial charge in [-0.3, -0.25) is 14.6 Å². The zero-order valence-electron chi connectivity index (χ0n) is 12.7. The van der Waals surface area contributed by atoms with Crippen molar-refractivity contribution in [3.05, 3.63) is 42.1 Å². The minimum absolute atomic E-state index is 0.280. The molecule has 0 bridgehead atoms. The molecule has 0 saturated heterocycles. The molecule has 0 saturated carbocycles. The van der Waals surface area contributed by atoms with Crippen LogP contribution in [0.15, 0.2) is 36.5 Å². The molecule has 1 N–H and O–H groups in total. The number of ether oxygens (including phenoxy) is 2. The number of fused-ring (bicyclic) bond motifs is 1. The molecule has 1 heterocycles. The lowest BCUT2D eigenvalue weighted by molar-refractivity contribution is -0.149. The fourth-order valence-corrected chi connectivity index (χ4v) is 2.02. The molecule has 2 rings (SSSR count). The summed E-state index contributed by atoms with van der Waals surface area (Å²) >= 11 is 0. The Morgan fingerprint density at radius 1 is 1.17 bits per heavy atom. The molecule has 23 heavy (non-hydrogen) atoms. The number of para-hydroxylation sites is 1. The molecule has 0 spiro atoms. The Balaban J connectivity index is 2.18. The monoisotopic (exact) mass is 316 g/mol. The highest BCUT2D eigenvalue weighted by atomic mass is 16.5. The third kappa shape index (κ3) is 4.03. The van der Waals surface area contributed by atoms with Gasteiger partial charge < -0.3 is 14.8 Å². The van der Waals surface area contributed by atoms with Gasteiger partial charge in [-0.1, -0.05) is 18.2 Å². The minimum Gasteiger partial charge on any atom is -0.469 e. The van der Waals surface area contributed by atoms with Crippen LogP contribution < -0.4 is 5.32 Å². The number of pyridine rings is 1. The van der Waals surface area contributed by atoms with Crippen LogP contribution in [0.2, 0.25) is 0 Å². The minimum atomic E-state index is -1.12. The number of aromatic nitrogens is 1. The smallest absolute Gasteiger partial charge is 0.328 e. The van der Waals surface area contributed by atoms with Gasteiger partial charge in [-0.15, -0.1) is 0 Å². The first-order valence-electron chi connectivity index (χ1n) is 6.85. The van der Waals surface area contributed by atoms with Crippen molar-refractivity contribution >= 4 is 28.7 Å². The van der Waals surface area contributed by atoms with Crippen molar-refractivity contribution < 1.29 is 23.9 Å². The zero-order chi connectivity index (χ0) is 16.8. The highest BCUT2D eigenvalue weighted by Gasteiger charge is 2.25. The Labute approximate surface area is 132 Å². The molecule has 0 fully saturated rings. The number of methoxy groups -OCH3 is 2. The van der Waals surface area contributed by atoms with E-state index in [0.717, 1.165) is 10.9 Å². The summed E-state index contributed by atoms with van der Waals surface area (Å²) in [4.78, 5) is 39.5. The van der Waals surface area contributed by atoms with Crippen molar-refractivity contribution in [2.24, 2.45) is 0 Å². The summed E-state index contributed by atoms with van der Waals surface area (Å²) < 4.78 is 9.10. The summed E-state index contributed by atoms with van der Waals surface area (Å²) in [6.45, 7) is 0. The molecule has 7 nitrogen and oxygen atoms in total. The van der Waals surface area contributed by atoms with Gasteiger partial charge in [0.1, 0.15) is 6.04 Å². The molecule has 0 aliphatic rings. The zero-order valence-corrected chi connectivity index (χ0v) is 12.7. The molecular weight excluding hydrogens is 300 g/mol. The molecule has 0 aliphatic heterocycles. The van der Waals surface area contributed by atoms with Gasteiger partial charge in [0.15, 0.2) is 0 Å². The molecular formula is C16H16N2O5. The molecule has 1 atom stereocenters. The summed E-state index contributed by atoms with van der Waals surface area (Å²) in [5.74, 6) is -1.88. The van der Waals surface area contributed by atoms with E-state index in [0.29, 0.717) is 0 Å². The second kappa shape index (κ2) is 7.35. The Morgan fingerprint density at radius 2 is 1.91 bits per heavy atom. The highest BCUT2D eigenvalue weighted by molar-refractivity contribution is 5.99. The van der Waals surface area contributed by atoms with Crippen molar-refractivity contribution in [2.45, 2.75) is 12.5 Å². The third-order valence-electron chi connectivity index (χ3n) is 3.24. The number of hydrogen-bond acceptors (Lipinski definition) is 6. The Hall–Kier alpha value is -2.96. The van der Waals surface area contributed by atoms with Crippen molar-refractivity contribution in [3.8, 4) is 0 Å². The first kappa shape index (κ1) is 16.4. The Kier molecular flexibility index (Phi) is 5.24. The van der Waals surface area contributed by atoms with E-state index in [2.05, 4.69) is 19.8 Å². The van der Waals surface area contributed by atoms with Gasteiger partial charge in [0.2, 0.25) is 0 Å². The number of benzene rings is 1. The highest BCUT2D eigenvalue weighted by Crippen LogP contribution is 2.13. The largest absolute Gasteiger partial charge is 0.469 e. The van der Waals surface area contributed by atoms with Crippen LogP contribution in [0.1, 0.15) is 16.8 Å². The fourth-order valence-electron chi connectivity index (χ4n) is 2.02. The molecule has 0 unspecified atom stereocenters. The van der Waals surface area contributed by atoms with Crippen molar-refractivity contribution in [1.82, 2.24) is 10.3 Å². The van der Waals surface area contributed by atoms with Gasteiger partial charge in [0.25, 0.3) is 5.91 Å². The summed E-state index contributed by atoms with van der Waals surface area (Å²) in [5, 5.41) is 3.25. The van der Waals surface area contributed by atoms with Crippen LogP contribution >= 0.6 is 0 Å². The maximum absolute atomic E-state index is 12.3. The lowest BCUT2D eigenvalue weighted by atomic mass is 10.1. The maximum Gasteiger partial charge on any atom is 0.328 e. The SMILES string of the molecule is COC(=O)C[C@@H](NC(=O)c1cnc2ccccc2c1)C(=O)OC. The van der Waals surface area contributed by atoms with Crippen LogP contribution in [0.3, 0.4) is 0 Å². The topological polar surface area (TPSA) is 94.6 Å². The number of hydrogen-bond donors (Lipinski definition) is 1. The predicted molar refractivity (Wildman–Crippen MR) is 81.6 cm³/mol. The van der Waals surface area contributed by atoms with E-state index in [-0.39, 0.29) is 12.0 Å². The van der Waals surface area contributed by atoms with Gasteiger partial charge in [-0.2, -0.15) is 0 Å². The molecule has 1 aromatic heterocycles. The van der Waals surface area contributed by atoms with Gasteiger partial charge >= 0.3 is 11.9 Å². The van der Waals surface area contributed by atoms with Crippen LogP contribution in [-0.2, 0) is 19.1 Å². The van der Waals surface area contributed by atoms with Crippen molar-refractivity contribution in [2.75, 3.05) is 14.2 Å². The normalized spacial score (nSPS) is 11.6. The van der Waals surface area contributed by atoms with Crippen LogP contribution in [0.25, 0.3) is 10.9 Å². The molecule has 120 valence electrons. The number of carbonyl (C=O) groups is 3. The number of rotatable bonds is 5. The lowest BCUT2D eigenvalue weighted by Crippen LogP contribution is -2.43. The fraction of sp³-hybridized carbons (Fsp3) is 0.250. The molecule has 0 radical (unpaired) electrons. The Morgan fingerprint density at radius 3 is 2.61 bits per heavy atom. The van der Waals surface area contributed by atoms with Crippen LogP contribution in [0.4, 0.5) is 0 Å². The van der Waals surface area contributed by atoms with Crippen LogP contribution in [0.5, 0.6) is 0 Å². The van der Waals surface area contributed by atoms with E-state index in [4.69, 9.17) is 0 Å². The van der Waals surface area contributed by atoms with Crippen molar-refractivity contribution in [3.63, 3.8) is 0 Å². The summed E-state index contributed by atoms with van der Waals surface area (Å²) in [6.07, 6.45) is 1.10.